The minimum Gasteiger partial charge on any atom is -0.477 e. The Morgan fingerprint density at radius 2 is 0.982 bits per heavy atom. The van der Waals surface area contributed by atoms with Crippen molar-refractivity contribution >= 4 is 17.9 Å². The summed E-state index contributed by atoms with van der Waals surface area (Å²) in [5.74, 6) is -1.49. The molecule has 0 aliphatic rings. The van der Waals surface area contributed by atoms with Gasteiger partial charge in [0, 0.05) is 19.3 Å². The Labute approximate surface area is 349 Å². The molecule has 0 fully saturated rings. The van der Waals surface area contributed by atoms with E-state index in [0.29, 0.717) is 19.3 Å². The molecule has 0 heterocycles. The third-order valence-electron chi connectivity index (χ3n) is 9.90. The summed E-state index contributed by atoms with van der Waals surface area (Å²) in [4.78, 5) is 36.9. The minimum absolute atomic E-state index is 0.0537. The summed E-state index contributed by atoms with van der Waals surface area (Å²) in [6.07, 6.45) is 48.4. The van der Waals surface area contributed by atoms with Crippen molar-refractivity contribution in [3.8, 4) is 0 Å². The SMILES string of the molecule is CC/C=C/C/C=C/C/C=C/C/C=C/CCCCCCCCCCCCC(=O)OCC(COCCC(C(=O)O)[N+](C)(C)C)OC(=O)CCCCCC/C=C/CCCC. The zero-order chi connectivity index (χ0) is 42.1. The van der Waals surface area contributed by atoms with Crippen LogP contribution in [0.3, 0.4) is 0 Å². The molecule has 328 valence electrons. The largest absolute Gasteiger partial charge is 0.477 e. The summed E-state index contributed by atoms with van der Waals surface area (Å²) < 4.78 is 17.2. The Morgan fingerprint density at radius 3 is 1.47 bits per heavy atom. The van der Waals surface area contributed by atoms with E-state index in [1.165, 1.54) is 64.2 Å². The van der Waals surface area contributed by atoms with Crippen molar-refractivity contribution in [2.75, 3.05) is 41.0 Å². The predicted octanol–water partition coefficient (Wildman–Crippen LogP) is 12.6. The van der Waals surface area contributed by atoms with Gasteiger partial charge in [-0.25, -0.2) is 4.79 Å². The number of nitrogens with zero attached hydrogens (tertiary/aromatic N) is 1. The molecule has 8 heteroatoms. The molecule has 0 aliphatic carbocycles. The molecule has 0 bridgehead atoms. The highest BCUT2D eigenvalue weighted by Gasteiger charge is 2.31. The number of allylic oxidation sites excluding steroid dienone is 10. The topological polar surface area (TPSA) is 99.1 Å². The molecule has 1 N–H and O–H groups in total. The van der Waals surface area contributed by atoms with Crippen LogP contribution in [-0.2, 0) is 28.6 Å². The van der Waals surface area contributed by atoms with Crippen LogP contribution in [0.2, 0.25) is 0 Å². The summed E-state index contributed by atoms with van der Waals surface area (Å²) in [6, 6.07) is -0.617. The number of carboxylic acid groups (broad SMARTS) is 1. The molecule has 0 saturated carbocycles. The van der Waals surface area contributed by atoms with Crippen LogP contribution in [0.4, 0.5) is 0 Å². The molecule has 57 heavy (non-hydrogen) atoms. The van der Waals surface area contributed by atoms with Crippen molar-refractivity contribution in [1.29, 1.82) is 0 Å². The van der Waals surface area contributed by atoms with Crippen LogP contribution < -0.4 is 0 Å². The molecular weight excluding hydrogens is 715 g/mol. The van der Waals surface area contributed by atoms with Crippen molar-refractivity contribution in [2.24, 2.45) is 0 Å². The van der Waals surface area contributed by atoms with E-state index in [9.17, 15) is 19.5 Å². The first-order chi connectivity index (χ1) is 27.6. The molecule has 0 aromatic carbocycles. The maximum absolute atomic E-state index is 12.7. The van der Waals surface area contributed by atoms with Crippen LogP contribution in [0.25, 0.3) is 0 Å². The maximum atomic E-state index is 12.7. The highest BCUT2D eigenvalue weighted by molar-refractivity contribution is 5.72. The molecule has 0 amide bonds. The van der Waals surface area contributed by atoms with Crippen molar-refractivity contribution in [3.05, 3.63) is 60.8 Å². The average molecular weight is 801 g/mol. The molecule has 0 spiro atoms. The average Bonchev–Trinajstić information content (AvgIpc) is 3.17. The highest BCUT2D eigenvalue weighted by atomic mass is 16.6. The maximum Gasteiger partial charge on any atom is 0.362 e. The van der Waals surface area contributed by atoms with E-state index in [0.717, 1.165) is 83.5 Å². The quantitative estimate of drug-likeness (QED) is 0.0285. The van der Waals surface area contributed by atoms with Crippen molar-refractivity contribution in [3.63, 3.8) is 0 Å². The Bertz CT molecular complexity index is 1120. The van der Waals surface area contributed by atoms with E-state index in [1.807, 2.05) is 21.1 Å². The van der Waals surface area contributed by atoms with Gasteiger partial charge in [-0.1, -0.05) is 152 Å². The molecule has 0 aromatic rings. The molecule has 8 nitrogen and oxygen atoms in total. The van der Waals surface area contributed by atoms with Gasteiger partial charge in [-0.05, 0) is 70.6 Å². The summed E-state index contributed by atoms with van der Waals surface area (Å²) >= 11 is 0. The van der Waals surface area contributed by atoms with Gasteiger partial charge in [0.25, 0.3) is 0 Å². The number of quaternary nitrogens is 1. The highest BCUT2D eigenvalue weighted by Crippen LogP contribution is 2.14. The number of likely N-dealkylation sites (N-methyl/N-ethyl adjacent to an activating group) is 1. The van der Waals surface area contributed by atoms with Crippen LogP contribution in [0.1, 0.15) is 181 Å². The number of unbranched alkanes of at least 4 members (excludes halogenated alkanes) is 16. The number of ether oxygens (including phenoxy) is 3. The smallest absolute Gasteiger partial charge is 0.362 e. The first-order valence-corrected chi connectivity index (χ1v) is 22.8. The Kier molecular flexibility index (Phi) is 37.8. The molecule has 0 aromatic heterocycles. The Hall–Kier alpha value is -2.97. The second-order valence-electron chi connectivity index (χ2n) is 16.3. The number of rotatable bonds is 40. The van der Waals surface area contributed by atoms with Crippen molar-refractivity contribution in [2.45, 2.75) is 193 Å². The van der Waals surface area contributed by atoms with Gasteiger partial charge in [-0.3, -0.25) is 9.59 Å². The lowest BCUT2D eigenvalue weighted by Crippen LogP contribution is -2.50. The van der Waals surface area contributed by atoms with E-state index < -0.39 is 18.1 Å². The summed E-state index contributed by atoms with van der Waals surface area (Å²) in [6.45, 7) is 4.56. The number of carbonyl (C=O) groups is 3. The first kappa shape index (κ1) is 54.0. The van der Waals surface area contributed by atoms with Crippen molar-refractivity contribution in [1.82, 2.24) is 0 Å². The van der Waals surface area contributed by atoms with E-state index in [-0.39, 0.29) is 36.2 Å². The first-order valence-electron chi connectivity index (χ1n) is 22.8. The van der Waals surface area contributed by atoms with Gasteiger partial charge in [-0.2, -0.15) is 0 Å². The van der Waals surface area contributed by atoms with Gasteiger partial charge < -0.3 is 23.8 Å². The molecule has 0 saturated heterocycles. The molecular formula is C49H86NO7+. The van der Waals surface area contributed by atoms with Crippen LogP contribution in [0, 0.1) is 0 Å². The van der Waals surface area contributed by atoms with Crippen LogP contribution in [0.5, 0.6) is 0 Å². The summed E-state index contributed by atoms with van der Waals surface area (Å²) in [5, 5.41) is 9.61. The summed E-state index contributed by atoms with van der Waals surface area (Å²) in [5.41, 5.74) is 0. The lowest BCUT2D eigenvalue weighted by Gasteiger charge is -2.31. The predicted molar refractivity (Wildman–Crippen MR) is 238 cm³/mol. The van der Waals surface area contributed by atoms with Gasteiger partial charge in [0.1, 0.15) is 6.61 Å². The lowest BCUT2D eigenvalue weighted by molar-refractivity contribution is -0.887. The number of carbonyl (C=O) groups excluding carboxylic acids is 2. The van der Waals surface area contributed by atoms with E-state index in [4.69, 9.17) is 14.2 Å². The van der Waals surface area contributed by atoms with Gasteiger partial charge in [0.15, 0.2) is 12.1 Å². The number of hydrogen-bond donors (Lipinski definition) is 1. The summed E-state index contributed by atoms with van der Waals surface area (Å²) in [7, 11) is 5.51. The molecule has 2 unspecified atom stereocenters. The number of esters is 2. The Morgan fingerprint density at radius 1 is 0.544 bits per heavy atom. The molecule has 2 atom stereocenters. The number of carboxylic acids is 1. The molecule has 0 rings (SSSR count). The second kappa shape index (κ2) is 39.8. The second-order valence-corrected chi connectivity index (χ2v) is 16.3. The number of hydrogen-bond acceptors (Lipinski definition) is 6. The number of aliphatic carboxylic acids is 1. The fourth-order valence-corrected chi connectivity index (χ4v) is 6.36. The van der Waals surface area contributed by atoms with E-state index in [1.54, 1.807) is 0 Å². The van der Waals surface area contributed by atoms with Gasteiger partial charge >= 0.3 is 17.9 Å². The fourth-order valence-electron chi connectivity index (χ4n) is 6.36. The normalized spacial score (nSPS) is 13.5. The van der Waals surface area contributed by atoms with E-state index >= 15 is 0 Å². The van der Waals surface area contributed by atoms with Gasteiger partial charge in [-0.15, -0.1) is 0 Å². The van der Waals surface area contributed by atoms with Crippen LogP contribution >= 0.6 is 0 Å². The lowest BCUT2D eigenvalue weighted by atomic mass is 10.1. The third-order valence-corrected chi connectivity index (χ3v) is 9.90. The van der Waals surface area contributed by atoms with Gasteiger partial charge in [0.2, 0.25) is 0 Å². The zero-order valence-corrected chi connectivity index (χ0v) is 37.3. The Balaban J connectivity index is 4.21. The van der Waals surface area contributed by atoms with Gasteiger partial charge in [0.05, 0.1) is 34.4 Å². The van der Waals surface area contributed by atoms with Crippen LogP contribution in [0.15, 0.2) is 60.8 Å². The monoisotopic (exact) mass is 801 g/mol. The zero-order valence-electron chi connectivity index (χ0n) is 37.3. The van der Waals surface area contributed by atoms with Crippen molar-refractivity contribution < 1.29 is 38.2 Å². The van der Waals surface area contributed by atoms with E-state index in [2.05, 4.69) is 74.6 Å². The fraction of sp³-hybridized carbons (Fsp3) is 0.735. The standard InChI is InChI=1S/C49H85NO7/c1-6-8-10-12-14-16-18-19-20-21-22-23-24-25-26-27-28-29-30-32-33-35-37-39-47(51)56-44-45(43-55-42-41-46(49(53)54)50(3,4)5)57-48(52)40-38-36-34-31-17-15-13-11-9-7-2/h8,10,13-16,19-20,22-23,45-46H,6-7,9,11-12,17-18,21,24-44H2,1-5H3/p+1/b10-8+,15-13+,16-14+,20-19+,23-22+. The molecule has 0 radical (unpaired) electrons. The third kappa shape index (κ3) is 38.3. The molecule has 0 aliphatic heterocycles. The minimum atomic E-state index is -0.879. The van der Waals surface area contributed by atoms with Crippen LogP contribution in [-0.4, -0.2) is 80.6 Å².